The number of Topliss-reactive ketones (excluding diaryl/α,β-unsaturated/α-hetero) is 1. The third-order valence-electron chi connectivity index (χ3n) is 9.57. The summed E-state index contributed by atoms with van der Waals surface area (Å²) in [6.45, 7) is 13.5. The standard InChI is InChI=1S/C28H40O3/c1-16(2)17(3)7-8-18(4)22-15-24(31)26-25-21(10-12-28(22,26)6)27(5)11-9-20(29)13-19(27)14-23(25)30/h7-8,14,16-18,20-22,29H,9-13,15H2,1-6H3/b8-7+/t17-,18+,20-,21-,22+,27-,28+/m0/s1. The lowest BCUT2D eigenvalue weighted by molar-refractivity contribution is -0.117. The number of carbonyl (C=O) groups is 2. The van der Waals surface area contributed by atoms with Crippen molar-refractivity contribution in [3.05, 3.63) is 34.9 Å². The van der Waals surface area contributed by atoms with E-state index in [0.717, 1.165) is 42.4 Å². The number of aliphatic hydroxyl groups excluding tert-OH is 1. The summed E-state index contributed by atoms with van der Waals surface area (Å²) in [5.74, 6) is 2.07. The van der Waals surface area contributed by atoms with Crippen LogP contribution < -0.4 is 0 Å². The fourth-order valence-electron chi connectivity index (χ4n) is 7.04. The molecule has 170 valence electrons. The minimum atomic E-state index is -0.339. The van der Waals surface area contributed by atoms with Crippen molar-refractivity contribution in [3.63, 3.8) is 0 Å². The van der Waals surface area contributed by atoms with E-state index in [9.17, 15) is 14.7 Å². The molecule has 7 atom stereocenters. The minimum Gasteiger partial charge on any atom is -0.393 e. The molecule has 0 spiro atoms. The van der Waals surface area contributed by atoms with Gasteiger partial charge in [0.15, 0.2) is 11.6 Å². The maximum atomic E-state index is 13.4. The molecule has 0 aliphatic heterocycles. The highest BCUT2D eigenvalue weighted by Gasteiger charge is 2.58. The molecule has 0 unspecified atom stereocenters. The Hall–Kier alpha value is -1.48. The topological polar surface area (TPSA) is 54.4 Å². The van der Waals surface area contributed by atoms with Gasteiger partial charge in [-0.2, -0.15) is 0 Å². The number of ketones is 2. The van der Waals surface area contributed by atoms with Crippen molar-refractivity contribution < 1.29 is 14.7 Å². The minimum absolute atomic E-state index is 0.0399. The molecule has 2 fully saturated rings. The van der Waals surface area contributed by atoms with E-state index in [2.05, 4.69) is 53.7 Å². The summed E-state index contributed by atoms with van der Waals surface area (Å²) in [7, 11) is 0. The first-order valence-corrected chi connectivity index (χ1v) is 12.4. The molecule has 0 amide bonds. The summed E-state index contributed by atoms with van der Waals surface area (Å²) in [6, 6.07) is 0. The van der Waals surface area contributed by atoms with Crippen molar-refractivity contribution in [2.75, 3.05) is 0 Å². The highest BCUT2D eigenvalue weighted by Crippen LogP contribution is 2.63. The summed E-state index contributed by atoms with van der Waals surface area (Å²) >= 11 is 0. The lowest BCUT2D eigenvalue weighted by Crippen LogP contribution is -2.46. The van der Waals surface area contributed by atoms with Gasteiger partial charge in [-0.05, 0) is 73.2 Å². The molecule has 4 rings (SSSR count). The van der Waals surface area contributed by atoms with E-state index >= 15 is 0 Å². The number of hydrogen-bond donors (Lipinski definition) is 1. The van der Waals surface area contributed by atoms with E-state index < -0.39 is 0 Å². The molecule has 1 N–H and O–H groups in total. The fraction of sp³-hybridized carbons (Fsp3) is 0.714. The van der Waals surface area contributed by atoms with E-state index in [1.54, 1.807) is 6.08 Å². The predicted molar refractivity (Wildman–Crippen MR) is 124 cm³/mol. The summed E-state index contributed by atoms with van der Waals surface area (Å²) in [4.78, 5) is 26.7. The predicted octanol–water partition coefficient (Wildman–Crippen LogP) is 5.83. The Kier molecular flexibility index (Phi) is 5.74. The van der Waals surface area contributed by atoms with Crippen molar-refractivity contribution in [3.8, 4) is 0 Å². The highest BCUT2D eigenvalue weighted by atomic mass is 16.3. The number of carbonyl (C=O) groups excluding carboxylic acids is 2. The molecule has 3 nitrogen and oxygen atoms in total. The number of allylic oxidation sites excluding steroid dienone is 5. The van der Waals surface area contributed by atoms with Gasteiger partial charge in [0.1, 0.15) is 0 Å². The second kappa shape index (κ2) is 7.83. The van der Waals surface area contributed by atoms with Gasteiger partial charge in [0.2, 0.25) is 0 Å². The van der Waals surface area contributed by atoms with Gasteiger partial charge in [0, 0.05) is 23.0 Å². The Morgan fingerprint density at radius 2 is 1.68 bits per heavy atom. The van der Waals surface area contributed by atoms with Gasteiger partial charge < -0.3 is 5.11 Å². The Balaban J connectivity index is 1.72. The van der Waals surface area contributed by atoms with E-state index in [1.807, 2.05) is 0 Å². The second-order valence-electron chi connectivity index (χ2n) is 11.7. The van der Waals surface area contributed by atoms with Crippen LogP contribution in [-0.4, -0.2) is 22.8 Å². The molecule has 0 radical (unpaired) electrons. The van der Waals surface area contributed by atoms with E-state index in [0.29, 0.717) is 30.6 Å². The Morgan fingerprint density at radius 3 is 2.35 bits per heavy atom. The Labute approximate surface area is 188 Å². The monoisotopic (exact) mass is 424 g/mol. The summed E-state index contributed by atoms with van der Waals surface area (Å²) in [5.41, 5.74) is 2.50. The molecule has 0 aromatic rings. The van der Waals surface area contributed by atoms with Crippen molar-refractivity contribution in [1.82, 2.24) is 0 Å². The quantitative estimate of drug-likeness (QED) is 0.577. The average molecular weight is 425 g/mol. The van der Waals surface area contributed by atoms with Crippen LogP contribution in [0.1, 0.15) is 80.1 Å². The smallest absolute Gasteiger partial charge is 0.182 e. The normalized spacial score (nSPS) is 40.0. The molecule has 4 aliphatic carbocycles. The van der Waals surface area contributed by atoms with Gasteiger partial charge in [-0.3, -0.25) is 9.59 Å². The fourth-order valence-corrected chi connectivity index (χ4v) is 7.04. The van der Waals surface area contributed by atoms with Crippen LogP contribution >= 0.6 is 0 Å². The molecule has 0 saturated heterocycles. The zero-order valence-corrected chi connectivity index (χ0v) is 20.2. The second-order valence-corrected chi connectivity index (χ2v) is 11.7. The van der Waals surface area contributed by atoms with Crippen LogP contribution in [0, 0.1) is 40.4 Å². The van der Waals surface area contributed by atoms with Crippen LogP contribution in [0.25, 0.3) is 0 Å². The SMILES string of the molecule is CC(C)[C@@H](C)/C=C/[C@@H](C)[C@H]1CC(=O)C2=C3C(=O)C=C4C[C@@H](O)CC[C@]4(C)[C@H]3CC[C@@]21C. The first-order chi connectivity index (χ1) is 14.5. The molecule has 0 aromatic heterocycles. The lowest BCUT2D eigenvalue weighted by atomic mass is 9.51. The zero-order valence-electron chi connectivity index (χ0n) is 20.2. The van der Waals surface area contributed by atoms with Crippen LogP contribution in [0.3, 0.4) is 0 Å². The zero-order chi connectivity index (χ0) is 22.7. The maximum Gasteiger partial charge on any atom is 0.182 e. The molecular weight excluding hydrogens is 384 g/mol. The van der Waals surface area contributed by atoms with Crippen LogP contribution in [0.15, 0.2) is 34.9 Å². The third kappa shape index (κ3) is 3.52. The van der Waals surface area contributed by atoms with Crippen LogP contribution in [0.4, 0.5) is 0 Å². The van der Waals surface area contributed by atoms with E-state index in [1.165, 1.54) is 0 Å². The van der Waals surface area contributed by atoms with Crippen molar-refractivity contribution in [2.45, 2.75) is 86.2 Å². The van der Waals surface area contributed by atoms with Gasteiger partial charge in [-0.25, -0.2) is 0 Å². The van der Waals surface area contributed by atoms with E-state index in [4.69, 9.17) is 0 Å². The first kappa shape index (κ1) is 22.7. The third-order valence-corrected chi connectivity index (χ3v) is 9.57. The first-order valence-electron chi connectivity index (χ1n) is 12.4. The molecular formula is C28H40O3. The van der Waals surface area contributed by atoms with Crippen LogP contribution in [-0.2, 0) is 9.59 Å². The van der Waals surface area contributed by atoms with Crippen LogP contribution in [0.2, 0.25) is 0 Å². The number of rotatable bonds is 4. The van der Waals surface area contributed by atoms with Gasteiger partial charge in [0.05, 0.1) is 6.10 Å². The van der Waals surface area contributed by atoms with Crippen molar-refractivity contribution in [2.24, 2.45) is 40.4 Å². The highest BCUT2D eigenvalue weighted by molar-refractivity contribution is 6.14. The molecule has 0 bridgehead atoms. The van der Waals surface area contributed by atoms with Gasteiger partial charge in [-0.15, -0.1) is 0 Å². The Morgan fingerprint density at radius 1 is 1.00 bits per heavy atom. The molecule has 31 heavy (non-hydrogen) atoms. The molecule has 4 aliphatic rings. The molecule has 3 heteroatoms. The van der Waals surface area contributed by atoms with Crippen LogP contribution in [0.5, 0.6) is 0 Å². The van der Waals surface area contributed by atoms with Crippen molar-refractivity contribution in [1.29, 1.82) is 0 Å². The summed E-state index contributed by atoms with van der Waals surface area (Å²) in [6.07, 6.45) is 10.9. The van der Waals surface area contributed by atoms with Crippen molar-refractivity contribution >= 4 is 11.6 Å². The average Bonchev–Trinajstić information content (AvgIpc) is 2.98. The Bertz CT molecular complexity index is 875. The summed E-state index contributed by atoms with van der Waals surface area (Å²) < 4.78 is 0. The number of hydrogen-bond acceptors (Lipinski definition) is 3. The van der Waals surface area contributed by atoms with Gasteiger partial charge in [-0.1, -0.05) is 59.3 Å². The maximum absolute atomic E-state index is 13.4. The number of aliphatic hydroxyl groups is 1. The molecule has 2 saturated carbocycles. The molecule has 0 heterocycles. The van der Waals surface area contributed by atoms with E-state index in [-0.39, 0.29) is 40.3 Å². The lowest BCUT2D eigenvalue weighted by Gasteiger charge is -2.52. The van der Waals surface area contributed by atoms with Gasteiger partial charge in [0.25, 0.3) is 0 Å². The summed E-state index contributed by atoms with van der Waals surface area (Å²) in [5, 5.41) is 10.2. The largest absolute Gasteiger partial charge is 0.393 e. The molecule has 0 aromatic carbocycles. The van der Waals surface area contributed by atoms with Gasteiger partial charge >= 0.3 is 0 Å². The number of fused-ring (bicyclic) bond motifs is 4.